The number of hydrogen-bond acceptors (Lipinski definition) is 4. The molecule has 1 aliphatic rings. The lowest BCUT2D eigenvalue weighted by Gasteiger charge is -2.31. The molecule has 1 aliphatic heterocycles. The summed E-state index contributed by atoms with van der Waals surface area (Å²) in [6.45, 7) is 10.0. The SMILES string of the molecule is CCC(C)C1CN(Cc2cccc(OC)n2)C(C)CCN1. The van der Waals surface area contributed by atoms with Gasteiger partial charge in [-0.1, -0.05) is 26.3 Å². The van der Waals surface area contributed by atoms with Crippen LogP contribution in [0.3, 0.4) is 0 Å². The van der Waals surface area contributed by atoms with Gasteiger partial charge in [0.15, 0.2) is 0 Å². The third kappa shape index (κ3) is 4.42. The smallest absolute Gasteiger partial charge is 0.213 e. The highest BCUT2D eigenvalue weighted by Crippen LogP contribution is 2.18. The van der Waals surface area contributed by atoms with Gasteiger partial charge in [-0.05, 0) is 31.9 Å². The lowest BCUT2D eigenvalue weighted by Crippen LogP contribution is -2.43. The van der Waals surface area contributed by atoms with Crippen molar-refractivity contribution in [3.63, 3.8) is 0 Å². The quantitative estimate of drug-likeness (QED) is 0.905. The molecule has 1 aromatic heterocycles. The standard InChI is InChI=1S/C17H29N3O/c1-5-13(2)16-12-20(14(3)9-10-18-16)11-15-7-6-8-17(19-15)21-4/h6-8,13-14,16,18H,5,9-12H2,1-4H3. The predicted molar refractivity (Wildman–Crippen MR) is 86.5 cm³/mol. The molecule has 4 nitrogen and oxygen atoms in total. The van der Waals surface area contributed by atoms with E-state index in [1.54, 1.807) is 7.11 Å². The van der Waals surface area contributed by atoms with Crippen LogP contribution in [0, 0.1) is 5.92 Å². The number of nitrogens with one attached hydrogen (secondary N) is 1. The molecule has 3 atom stereocenters. The van der Waals surface area contributed by atoms with Crippen molar-refractivity contribution >= 4 is 0 Å². The van der Waals surface area contributed by atoms with Crippen molar-refractivity contribution in [1.82, 2.24) is 15.2 Å². The van der Waals surface area contributed by atoms with Gasteiger partial charge in [-0.3, -0.25) is 4.90 Å². The molecule has 118 valence electrons. The first-order chi connectivity index (χ1) is 10.1. The van der Waals surface area contributed by atoms with Gasteiger partial charge in [0.05, 0.1) is 12.8 Å². The Labute approximate surface area is 128 Å². The lowest BCUT2D eigenvalue weighted by atomic mass is 9.99. The summed E-state index contributed by atoms with van der Waals surface area (Å²) < 4.78 is 5.23. The summed E-state index contributed by atoms with van der Waals surface area (Å²) in [5.41, 5.74) is 1.09. The first-order valence-electron chi connectivity index (χ1n) is 8.11. The maximum Gasteiger partial charge on any atom is 0.213 e. The Morgan fingerprint density at radius 2 is 2.29 bits per heavy atom. The Hall–Kier alpha value is -1.13. The summed E-state index contributed by atoms with van der Waals surface area (Å²) in [4.78, 5) is 7.11. The van der Waals surface area contributed by atoms with Crippen molar-refractivity contribution in [2.75, 3.05) is 20.2 Å². The maximum absolute atomic E-state index is 5.23. The summed E-state index contributed by atoms with van der Waals surface area (Å²) in [7, 11) is 1.67. The molecule has 21 heavy (non-hydrogen) atoms. The van der Waals surface area contributed by atoms with Gasteiger partial charge in [-0.2, -0.15) is 0 Å². The summed E-state index contributed by atoms with van der Waals surface area (Å²) in [6.07, 6.45) is 2.41. The molecule has 0 radical (unpaired) electrons. The zero-order chi connectivity index (χ0) is 15.2. The number of methoxy groups -OCH3 is 1. The molecule has 0 amide bonds. The molecule has 0 saturated carbocycles. The Balaban J connectivity index is 2.07. The highest BCUT2D eigenvalue weighted by molar-refractivity contribution is 5.15. The molecule has 1 saturated heterocycles. The summed E-state index contributed by atoms with van der Waals surface area (Å²) in [5, 5.41) is 3.71. The molecule has 2 rings (SSSR count). The van der Waals surface area contributed by atoms with E-state index >= 15 is 0 Å². The maximum atomic E-state index is 5.23. The van der Waals surface area contributed by atoms with Crippen LogP contribution >= 0.6 is 0 Å². The average molecular weight is 291 g/mol. The van der Waals surface area contributed by atoms with E-state index in [-0.39, 0.29) is 0 Å². The summed E-state index contributed by atoms with van der Waals surface area (Å²) >= 11 is 0. The van der Waals surface area contributed by atoms with E-state index < -0.39 is 0 Å². The topological polar surface area (TPSA) is 37.4 Å². The Morgan fingerprint density at radius 3 is 3.00 bits per heavy atom. The molecule has 1 N–H and O–H groups in total. The molecule has 0 bridgehead atoms. The Bertz CT molecular complexity index is 438. The van der Waals surface area contributed by atoms with Gasteiger partial charge in [0.25, 0.3) is 0 Å². The van der Waals surface area contributed by atoms with E-state index in [0.717, 1.165) is 25.3 Å². The molecule has 0 aliphatic carbocycles. The zero-order valence-corrected chi connectivity index (χ0v) is 13.8. The lowest BCUT2D eigenvalue weighted by molar-refractivity contribution is 0.178. The van der Waals surface area contributed by atoms with E-state index in [0.29, 0.717) is 23.9 Å². The molecule has 2 heterocycles. The minimum Gasteiger partial charge on any atom is -0.481 e. The number of ether oxygens (including phenoxy) is 1. The molecular weight excluding hydrogens is 262 g/mol. The fourth-order valence-electron chi connectivity index (χ4n) is 2.91. The molecule has 0 aromatic carbocycles. The minimum atomic E-state index is 0.575. The third-order valence-corrected chi connectivity index (χ3v) is 4.71. The first kappa shape index (κ1) is 16.2. The van der Waals surface area contributed by atoms with Crippen LogP contribution in [0.1, 0.15) is 39.3 Å². The molecular formula is C17H29N3O. The van der Waals surface area contributed by atoms with Gasteiger partial charge in [0.2, 0.25) is 5.88 Å². The normalized spacial score (nSPS) is 25.3. The van der Waals surface area contributed by atoms with Crippen molar-refractivity contribution in [1.29, 1.82) is 0 Å². The van der Waals surface area contributed by atoms with E-state index in [1.807, 2.05) is 12.1 Å². The number of hydrogen-bond donors (Lipinski definition) is 1. The van der Waals surface area contributed by atoms with Crippen LogP contribution in [0.2, 0.25) is 0 Å². The van der Waals surface area contributed by atoms with Crippen LogP contribution < -0.4 is 10.1 Å². The third-order valence-electron chi connectivity index (χ3n) is 4.71. The van der Waals surface area contributed by atoms with Crippen LogP contribution in [-0.2, 0) is 6.54 Å². The van der Waals surface area contributed by atoms with Gasteiger partial charge < -0.3 is 10.1 Å². The highest BCUT2D eigenvalue weighted by atomic mass is 16.5. The van der Waals surface area contributed by atoms with Gasteiger partial charge in [-0.15, -0.1) is 0 Å². The van der Waals surface area contributed by atoms with E-state index in [4.69, 9.17) is 4.74 Å². The average Bonchev–Trinajstić information content (AvgIpc) is 2.69. The van der Waals surface area contributed by atoms with Gasteiger partial charge in [0, 0.05) is 31.2 Å². The molecule has 4 heteroatoms. The van der Waals surface area contributed by atoms with Crippen LogP contribution in [-0.4, -0.2) is 42.2 Å². The molecule has 3 unspecified atom stereocenters. The second-order valence-electron chi connectivity index (χ2n) is 6.18. The van der Waals surface area contributed by atoms with Gasteiger partial charge in [0.1, 0.15) is 0 Å². The first-order valence-corrected chi connectivity index (χ1v) is 8.11. The molecule has 1 fully saturated rings. The molecule has 1 aromatic rings. The van der Waals surface area contributed by atoms with Crippen LogP contribution in [0.4, 0.5) is 0 Å². The van der Waals surface area contributed by atoms with Crippen molar-refractivity contribution in [2.24, 2.45) is 5.92 Å². The second-order valence-corrected chi connectivity index (χ2v) is 6.18. The van der Waals surface area contributed by atoms with Crippen molar-refractivity contribution in [2.45, 2.75) is 52.2 Å². The van der Waals surface area contributed by atoms with Gasteiger partial charge in [-0.25, -0.2) is 4.98 Å². The van der Waals surface area contributed by atoms with Crippen LogP contribution in [0.25, 0.3) is 0 Å². The van der Waals surface area contributed by atoms with Crippen LogP contribution in [0.15, 0.2) is 18.2 Å². The van der Waals surface area contributed by atoms with E-state index in [9.17, 15) is 0 Å². The fourth-order valence-corrected chi connectivity index (χ4v) is 2.91. The summed E-state index contributed by atoms with van der Waals surface area (Å²) in [6, 6.07) is 7.17. The number of pyridine rings is 1. The largest absolute Gasteiger partial charge is 0.481 e. The van der Waals surface area contributed by atoms with Crippen LogP contribution in [0.5, 0.6) is 5.88 Å². The Kier molecular flexibility index (Phi) is 6.00. The Morgan fingerprint density at radius 1 is 1.48 bits per heavy atom. The highest BCUT2D eigenvalue weighted by Gasteiger charge is 2.25. The van der Waals surface area contributed by atoms with Crippen molar-refractivity contribution in [3.8, 4) is 5.88 Å². The predicted octanol–water partition coefficient (Wildman–Crippen LogP) is 2.69. The van der Waals surface area contributed by atoms with Crippen molar-refractivity contribution < 1.29 is 4.74 Å². The number of nitrogens with zero attached hydrogens (tertiary/aromatic N) is 2. The van der Waals surface area contributed by atoms with E-state index in [2.05, 4.69) is 42.0 Å². The van der Waals surface area contributed by atoms with Gasteiger partial charge >= 0.3 is 0 Å². The monoisotopic (exact) mass is 291 g/mol. The van der Waals surface area contributed by atoms with E-state index in [1.165, 1.54) is 12.8 Å². The zero-order valence-electron chi connectivity index (χ0n) is 13.8. The number of rotatable bonds is 5. The van der Waals surface area contributed by atoms with Crippen molar-refractivity contribution in [3.05, 3.63) is 23.9 Å². The second kappa shape index (κ2) is 7.76. The fraction of sp³-hybridized carbons (Fsp3) is 0.706. The number of aromatic nitrogens is 1. The summed E-state index contributed by atoms with van der Waals surface area (Å²) in [5.74, 6) is 1.41. The molecule has 0 spiro atoms. The minimum absolute atomic E-state index is 0.575.